The fraction of sp³-hybridized carbons (Fsp3) is 0.375. The molecule has 0 aliphatic heterocycles. The Morgan fingerprint density at radius 3 is 1.96 bits per heavy atom. The number of hydrogen-bond acceptors (Lipinski definition) is 7. The van der Waals surface area contributed by atoms with Crippen LogP contribution < -0.4 is 0 Å². The molecule has 0 aliphatic carbocycles. The molecule has 0 amide bonds. The molecule has 0 aromatic heterocycles. The highest BCUT2D eigenvalue weighted by atomic mass is 35.5. The van der Waals surface area contributed by atoms with E-state index in [4.69, 9.17) is 11.6 Å². The van der Waals surface area contributed by atoms with Gasteiger partial charge in [0.2, 0.25) is 5.78 Å². The van der Waals surface area contributed by atoms with Gasteiger partial charge in [-0.2, -0.15) is 0 Å². The van der Waals surface area contributed by atoms with Gasteiger partial charge in [-0.25, -0.2) is 4.79 Å². The van der Waals surface area contributed by atoms with Crippen LogP contribution in [0.4, 0.5) is 0 Å². The smallest absolute Gasteiger partial charge is 0.374 e. The molecule has 1 unspecified atom stereocenters. The summed E-state index contributed by atoms with van der Waals surface area (Å²) in [6.07, 6.45) is -0.467. The molecule has 0 bridgehead atoms. The lowest BCUT2D eigenvalue weighted by molar-refractivity contribution is -0.161. The second kappa shape index (κ2) is 9.02. The van der Waals surface area contributed by atoms with Crippen LogP contribution in [-0.4, -0.2) is 45.0 Å². The molecule has 0 radical (unpaired) electrons. The lowest BCUT2D eigenvalue weighted by atomic mass is 9.82. The van der Waals surface area contributed by atoms with Crippen LogP contribution in [0.3, 0.4) is 0 Å². The summed E-state index contributed by atoms with van der Waals surface area (Å²) in [6, 6.07) is 6.37. The van der Waals surface area contributed by atoms with Crippen LogP contribution in [0.15, 0.2) is 24.3 Å². The standard InChI is InChI=1S/C16H17ClO7/c1-22-14(19)12(18)8-10(9-6-4-5-7-11(9)17)13(15(20)23-2)16(21)24-3/h4-7,10,13H,8H2,1-3H3. The molecule has 0 fully saturated rings. The fourth-order valence-corrected chi connectivity index (χ4v) is 2.53. The highest BCUT2D eigenvalue weighted by molar-refractivity contribution is 6.34. The first kappa shape index (κ1) is 19.6. The maximum absolute atomic E-state index is 12.1. The van der Waals surface area contributed by atoms with E-state index in [0.29, 0.717) is 5.56 Å². The van der Waals surface area contributed by atoms with E-state index in [-0.39, 0.29) is 5.02 Å². The van der Waals surface area contributed by atoms with Gasteiger partial charge in [0.25, 0.3) is 0 Å². The van der Waals surface area contributed by atoms with Crippen molar-refractivity contribution in [2.45, 2.75) is 12.3 Å². The number of ether oxygens (including phenoxy) is 3. The van der Waals surface area contributed by atoms with Gasteiger partial charge < -0.3 is 14.2 Å². The van der Waals surface area contributed by atoms with Crippen LogP contribution in [0, 0.1) is 5.92 Å². The molecule has 0 saturated heterocycles. The van der Waals surface area contributed by atoms with Gasteiger partial charge in [-0.3, -0.25) is 14.4 Å². The first-order valence-electron chi connectivity index (χ1n) is 6.88. The largest absolute Gasteiger partial charge is 0.468 e. The number of methoxy groups -OCH3 is 3. The fourth-order valence-electron chi connectivity index (χ4n) is 2.26. The van der Waals surface area contributed by atoms with Crippen molar-refractivity contribution in [2.75, 3.05) is 21.3 Å². The Morgan fingerprint density at radius 2 is 1.50 bits per heavy atom. The minimum Gasteiger partial charge on any atom is -0.468 e. The lowest BCUT2D eigenvalue weighted by Crippen LogP contribution is -2.34. The number of benzene rings is 1. The Bertz CT molecular complexity index is 625. The summed E-state index contributed by atoms with van der Waals surface area (Å²) < 4.78 is 13.6. The highest BCUT2D eigenvalue weighted by Gasteiger charge is 2.40. The molecule has 0 N–H and O–H groups in total. The van der Waals surface area contributed by atoms with E-state index in [9.17, 15) is 19.2 Å². The molecule has 24 heavy (non-hydrogen) atoms. The molecular formula is C16H17ClO7. The van der Waals surface area contributed by atoms with E-state index in [1.807, 2.05) is 0 Å². The predicted molar refractivity (Wildman–Crippen MR) is 83.4 cm³/mol. The first-order valence-corrected chi connectivity index (χ1v) is 7.26. The van der Waals surface area contributed by atoms with Gasteiger partial charge in [0, 0.05) is 17.4 Å². The summed E-state index contributed by atoms with van der Waals surface area (Å²) in [5.74, 6) is -6.27. The molecular weight excluding hydrogens is 340 g/mol. The predicted octanol–water partition coefficient (Wildman–Crippen LogP) is 1.52. The summed E-state index contributed by atoms with van der Waals surface area (Å²) in [4.78, 5) is 47.5. The third-order valence-corrected chi connectivity index (χ3v) is 3.78. The maximum atomic E-state index is 12.1. The second-order valence-electron chi connectivity index (χ2n) is 4.77. The van der Waals surface area contributed by atoms with Crippen molar-refractivity contribution in [3.63, 3.8) is 0 Å². The molecule has 0 aliphatic rings. The van der Waals surface area contributed by atoms with Gasteiger partial charge in [-0.05, 0) is 11.6 Å². The van der Waals surface area contributed by atoms with Crippen molar-refractivity contribution >= 4 is 35.3 Å². The van der Waals surface area contributed by atoms with Crippen LogP contribution in [0.2, 0.25) is 5.02 Å². The monoisotopic (exact) mass is 356 g/mol. The minimum absolute atomic E-state index is 0.234. The van der Waals surface area contributed by atoms with Gasteiger partial charge >= 0.3 is 17.9 Å². The van der Waals surface area contributed by atoms with Crippen molar-refractivity contribution in [1.82, 2.24) is 0 Å². The number of Topliss-reactive ketones (excluding diaryl/α,β-unsaturated/α-hetero) is 1. The SMILES string of the molecule is COC(=O)C(=O)CC(c1ccccc1Cl)C(C(=O)OC)C(=O)OC. The highest BCUT2D eigenvalue weighted by Crippen LogP contribution is 2.35. The lowest BCUT2D eigenvalue weighted by Gasteiger charge is -2.23. The van der Waals surface area contributed by atoms with Gasteiger partial charge in [0.1, 0.15) is 0 Å². The van der Waals surface area contributed by atoms with E-state index in [1.165, 1.54) is 6.07 Å². The molecule has 7 nitrogen and oxygen atoms in total. The molecule has 0 spiro atoms. The van der Waals surface area contributed by atoms with Gasteiger partial charge in [-0.15, -0.1) is 0 Å². The molecule has 1 aromatic rings. The number of carbonyl (C=O) groups excluding carboxylic acids is 4. The molecule has 1 rings (SSSR count). The normalized spacial score (nSPS) is 11.5. The van der Waals surface area contributed by atoms with E-state index in [1.54, 1.807) is 18.2 Å². The third kappa shape index (κ3) is 4.55. The maximum Gasteiger partial charge on any atom is 0.374 e. The van der Waals surface area contributed by atoms with Crippen molar-refractivity contribution in [1.29, 1.82) is 0 Å². The first-order chi connectivity index (χ1) is 11.4. The summed E-state index contributed by atoms with van der Waals surface area (Å²) in [7, 11) is 3.26. The van der Waals surface area contributed by atoms with E-state index >= 15 is 0 Å². The summed E-state index contributed by atoms with van der Waals surface area (Å²) >= 11 is 6.12. The van der Waals surface area contributed by atoms with E-state index in [2.05, 4.69) is 14.2 Å². The topological polar surface area (TPSA) is 96.0 Å². The van der Waals surface area contributed by atoms with Gasteiger partial charge in [0.05, 0.1) is 21.3 Å². The van der Waals surface area contributed by atoms with Crippen molar-refractivity contribution in [2.24, 2.45) is 5.92 Å². The van der Waals surface area contributed by atoms with E-state index < -0.39 is 41.9 Å². The third-order valence-electron chi connectivity index (χ3n) is 3.44. The van der Waals surface area contributed by atoms with Crippen LogP contribution in [-0.2, 0) is 33.4 Å². The number of esters is 3. The van der Waals surface area contributed by atoms with Gasteiger partial charge in [0.15, 0.2) is 5.92 Å². The Kier molecular flexibility index (Phi) is 7.38. The molecule has 0 heterocycles. The summed E-state index contributed by atoms with van der Waals surface area (Å²) in [6.45, 7) is 0. The molecule has 8 heteroatoms. The summed E-state index contributed by atoms with van der Waals surface area (Å²) in [5, 5.41) is 0.234. The molecule has 130 valence electrons. The zero-order valence-corrected chi connectivity index (χ0v) is 14.2. The van der Waals surface area contributed by atoms with Crippen LogP contribution in [0.1, 0.15) is 17.9 Å². The molecule has 1 atom stereocenters. The van der Waals surface area contributed by atoms with Crippen molar-refractivity contribution < 1.29 is 33.4 Å². The molecule has 0 saturated carbocycles. The van der Waals surface area contributed by atoms with Crippen LogP contribution in [0.25, 0.3) is 0 Å². The average Bonchev–Trinajstić information content (AvgIpc) is 2.60. The second-order valence-corrected chi connectivity index (χ2v) is 5.18. The van der Waals surface area contributed by atoms with Crippen molar-refractivity contribution in [3.8, 4) is 0 Å². The number of rotatable bonds is 7. The Labute approximate surface area is 143 Å². The number of hydrogen-bond donors (Lipinski definition) is 0. The summed E-state index contributed by atoms with van der Waals surface area (Å²) in [5.41, 5.74) is 0.345. The number of ketones is 1. The zero-order chi connectivity index (χ0) is 18.3. The van der Waals surface area contributed by atoms with Crippen LogP contribution >= 0.6 is 11.6 Å². The van der Waals surface area contributed by atoms with E-state index in [0.717, 1.165) is 21.3 Å². The van der Waals surface area contributed by atoms with Crippen molar-refractivity contribution in [3.05, 3.63) is 34.9 Å². The zero-order valence-electron chi connectivity index (χ0n) is 13.4. The molecule has 1 aromatic carbocycles. The quantitative estimate of drug-likeness (QED) is 0.316. The number of halogens is 1. The van der Waals surface area contributed by atoms with Gasteiger partial charge in [-0.1, -0.05) is 29.8 Å². The Balaban J connectivity index is 3.37. The number of carbonyl (C=O) groups is 4. The minimum atomic E-state index is -1.45. The Morgan fingerprint density at radius 1 is 0.958 bits per heavy atom. The van der Waals surface area contributed by atoms with Crippen LogP contribution in [0.5, 0.6) is 0 Å². The average molecular weight is 357 g/mol. The Hall–Kier alpha value is -2.41.